The summed E-state index contributed by atoms with van der Waals surface area (Å²) in [6.07, 6.45) is 1.24. The van der Waals surface area contributed by atoms with E-state index in [0.29, 0.717) is 30.2 Å². The minimum atomic E-state index is -0.835. The van der Waals surface area contributed by atoms with Crippen LogP contribution in [0.3, 0.4) is 0 Å². The number of carbonyl (C=O) groups is 2. The fourth-order valence-electron chi connectivity index (χ4n) is 1.84. The molecule has 2 N–H and O–H groups in total. The molecule has 0 fully saturated rings. The van der Waals surface area contributed by atoms with Crippen LogP contribution in [-0.4, -0.2) is 43.7 Å². The van der Waals surface area contributed by atoms with Crippen LogP contribution in [0.15, 0.2) is 24.3 Å². The lowest BCUT2D eigenvalue weighted by Crippen LogP contribution is -2.29. The molecule has 0 unspecified atom stereocenters. The summed E-state index contributed by atoms with van der Waals surface area (Å²) in [4.78, 5) is 23.3. The average Bonchev–Trinajstić information content (AvgIpc) is 2.95. The van der Waals surface area contributed by atoms with Gasteiger partial charge in [0.15, 0.2) is 0 Å². The molecule has 8 nitrogen and oxygen atoms in total. The number of hydrogen-bond acceptors (Lipinski definition) is 5. The lowest BCUT2D eigenvalue weighted by atomic mass is 10.2. The molecule has 0 aliphatic carbocycles. The highest BCUT2D eigenvalue weighted by Gasteiger charge is 2.09. The van der Waals surface area contributed by atoms with Gasteiger partial charge in [0.1, 0.15) is 6.54 Å². The number of unbranched alkanes of at least 4 members (excludes halogenated alkanes) is 1. The summed E-state index contributed by atoms with van der Waals surface area (Å²) in [6.45, 7) is 0.379. The third-order valence-corrected chi connectivity index (χ3v) is 3.23. The molecule has 23 heavy (non-hydrogen) atoms. The first-order valence-electron chi connectivity index (χ1n) is 7.07. The molecule has 0 saturated heterocycles. The summed E-state index contributed by atoms with van der Waals surface area (Å²) < 4.78 is 0. The Morgan fingerprint density at radius 2 is 1.96 bits per heavy atom. The molecule has 9 heteroatoms. The first kappa shape index (κ1) is 16.9. The van der Waals surface area contributed by atoms with Crippen molar-refractivity contribution in [2.45, 2.75) is 25.8 Å². The molecule has 2 aromatic rings. The second-order valence-electron chi connectivity index (χ2n) is 4.85. The molecule has 0 aliphatic heterocycles. The molecule has 0 saturated carbocycles. The summed E-state index contributed by atoms with van der Waals surface area (Å²) in [7, 11) is 0. The largest absolute Gasteiger partial charge is 0.481 e. The smallest absolute Gasteiger partial charge is 0.303 e. The Bertz CT molecular complexity index is 671. The monoisotopic (exact) mass is 337 g/mol. The predicted octanol–water partition coefficient (Wildman–Crippen LogP) is 1.36. The van der Waals surface area contributed by atoms with Crippen molar-refractivity contribution >= 4 is 23.5 Å². The summed E-state index contributed by atoms with van der Waals surface area (Å²) in [6, 6.07) is 6.99. The van der Waals surface area contributed by atoms with Crippen molar-refractivity contribution in [2.24, 2.45) is 0 Å². The van der Waals surface area contributed by atoms with Gasteiger partial charge in [-0.15, -0.1) is 10.2 Å². The standard InChI is InChI=1S/C14H16ClN5O3/c15-11-6-4-10(5-7-11)14-17-19-20(18-14)9-12(21)16-8-2-1-3-13(22)23/h4-7H,1-3,8-9H2,(H,16,21)(H,22,23). The van der Waals surface area contributed by atoms with Gasteiger partial charge < -0.3 is 10.4 Å². The van der Waals surface area contributed by atoms with Crippen LogP contribution in [0.25, 0.3) is 11.4 Å². The van der Waals surface area contributed by atoms with Gasteiger partial charge in [0.25, 0.3) is 0 Å². The molecule has 1 aromatic carbocycles. The van der Waals surface area contributed by atoms with Gasteiger partial charge in [-0.05, 0) is 42.3 Å². The molecular weight excluding hydrogens is 322 g/mol. The number of aromatic nitrogens is 4. The van der Waals surface area contributed by atoms with E-state index in [1.165, 1.54) is 4.80 Å². The van der Waals surface area contributed by atoms with Gasteiger partial charge in [-0.25, -0.2) is 0 Å². The number of tetrazole rings is 1. The summed E-state index contributed by atoms with van der Waals surface area (Å²) in [5, 5.41) is 23.7. The summed E-state index contributed by atoms with van der Waals surface area (Å²) in [5.41, 5.74) is 0.759. The molecule has 1 aromatic heterocycles. The second kappa shape index (κ2) is 8.23. The van der Waals surface area contributed by atoms with Gasteiger partial charge in [-0.2, -0.15) is 4.80 Å². The Morgan fingerprint density at radius 1 is 1.22 bits per heavy atom. The van der Waals surface area contributed by atoms with Crippen LogP contribution in [0.5, 0.6) is 0 Å². The molecule has 1 heterocycles. The fourth-order valence-corrected chi connectivity index (χ4v) is 1.96. The van der Waals surface area contributed by atoms with Crippen molar-refractivity contribution in [3.8, 4) is 11.4 Å². The molecule has 0 radical (unpaired) electrons. The topological polar surface area (TPSA) is 110 Å². The van der Waals surface area contributed by atoms with Crippen molar-refractivity contribution < 1.29 is 14.7 Å². The van der Waals surface area contributed by atoms with Crippen LogP contribution < -0.4 is 5.32 Å². The van der Waals surface area contributed by atoms with Gasteiger partial charge in [-0.1, -0.05) is 11.6 Å². The van der Waals surface area contributed by atoms with E-state index in [1.54, 1.807) is 24.3 Å². The lowest BCUT2D eigenvalue weighted by Gasteiger charge is -2.03. The molecule has 1 amide bonds. The Hall–Kier alpha value is -2.48. The molecule has 2 rings (SSSR count). The lowest BCUT2D eigenvalue weighted by molar-refractivity contribution is -0.137. The Balaban J connectivity index is 1.78. The van der Waals surface area contributed by atoms with E-state index in [-0.39, 0.29) is 18.9 Å². The van der Waals surface area contributed by atoms with Gasteiger partial charge in [0.05, 0.1) is 0 Å². The number of rotatable bonds is 8. The zero-order valence-corrected chi connectivity index (χ0v) is 13.0. The van der Waals surface area contributed by atoms with Crippen LogP contribution in [0.1, 0.15) is 19.3 Å². The third-order valence-electron chi connectivity index (χ3n) is 2.98. The number of carboxylic acid groups (broad SMARTS) is 1. The minimum Gasteiger partial charge on any atom is -0.481 e. The number of aliphatic carboxylic acids is 1. The Labute approximate surface area is 137 Å². The van der Waals surface area contributed by atoms with E-state index in [2.05, 4.69) is 20.7 Å². The number of nitrogens with zero attached hydrogens (tertiary/aromatic N) is 4. The predicted molar refractivity (Wildman–Crippen MR) is 82.8 cm³/mol. The first-order chi connectivity index (χ1) is 11.0. The summed E-state index contributed by atoms with van der Waals surface area (Å²) >= 11 is 5.81. The van der Waals surface area contributed by atoms with Crippen LogP contribution in [-0.2, 0) is 16.1 Å². The minimum absolute atomic E-state index is 0.0421. The number of nitrogens with one attached hydrogen (secondary N) is 1. The van der Waals surface area contributed by atoms with Crippen molar-refractivity contribution in [3.05, 3.63) is 29.3 Å². The SMILES string of the molecule is O=C(O)CCCCNC(=O)Cn1nnc(-c2ccc(Cl)cc2)n1. The van der Waals surface area contributed by atoms with E-state index in [4.69, 9.17) is 16.7 Å². The van der Waals surface area contributed by atoms with Gasteiger partial charge >= 0.3 is 5.97 Å². The maximum atomic E-state index is 11.7. The Kier molecular flexibility index (Phi) is 6.04. The quantitative estimate of drug-likeness (QED) is 0.704. The molecule has 122 valence electrons. The molecule has 0 bridgehead atoms. The summed E-state index contributed by atoms with van der Waals surface area (Å²) in [5.74, 6) is -0.672. The number of benzene rings is 1. The van der Waals surface area contributed by atoms with Crippen LogP contribution in [0.4, 0.5) is 0 Å². The highest BCUT2D eigenvalue weighted by Crippen LogP contribution is 2.16. The Morgan fingerprint density at radius 3 is 2.65 bits per heavy atom. The third kappa shape index (κ3) is 5.67. The number of hydrogen-bond donors (Lipinski definition) is 2. The van der Waals surface area contributed by atoms with Crippen LogP contribution >= 0.6 is 11.6 Å². The highest BCUT2D eigenvalue weighted by atomic mass is 35.5. The van der Waals surface area contributed by atoms with E-state index in [1.807, 2.05) is 0 Å². The molecular formula is C14H16ClN5O3. The highest BCUT2D eigenvalue weighted by molar-refractivity contribution is 6.30. The van der Waals surface area contributed by atoms with Gasteiger partial charge in [-0.3, -0.25) is 9.59 Å². The van der Waals surface area contributed by atoms with Crippen molar-refractivity contribution in [2.75, 3.05) is 6.54 Å². The second-order valence-corrected chi connectivity index (χ2v) is 5.29. The zero-order valence-electron chi connectivity index (χ0n) is 12.3. The van der Waals surface area contributed by atoms with Crippen molar-refractivity contribution in [1.82, 2.24) is 25.5 Å². The van der Waals surface area contributed by atoms with E-state index >= 15 is 0 Å². The molecule has 0 aliphatic rings. The maximum Gasteiger partial charge on any atom is 0.303 e. The number of amides is 1. The number of carboxylic acids is 1. The maximum absolute atomic E-state index is 11.7. The van der Waals surface area contributed by atoms with E-state index < -0.39 is 5.97 Å². The number of carbonyl (C=O) groups excluding carboxylic acids is 1. The van der Waals surface area contributed by atoms with Crippen molar-refractivity contribution in [3.63, 3.8) is 0 Å². The van der Waals surface area contributed by atoms with Crippen LogP contribution in [0.2, 0.25) is 5.02 Å². The molecule has 0 spiro atoms. The fraction of sp³-hybridized carbons (Fsp3) is 0.357. The van der Waals surface area contributed by atoms with Crippen LogP contribution in [0, 0.1) is 0 Å². The average molecular weight is 338 g/mol. The van der Waals surface area contributed by atoms with E-state index in [9.17, 15) is 9.59 Å². The van der Waals surface area contributed by atoms with Gasteiger partial charge in [0, 0.05) is 23.6 Å². The zero-order chi connectivity index (χ0) is 16.7. The van der Waals surface area contributed by atoms with Gasteiger partial charge in [0.2, 0.25) is 11.7 Å². The first-order valence-corrected chi connectivity index (χ1v) is 7.44. The normalized spacial score (nSPS) is 10.5. The molecule has 0 atom stereocenters. The van der Waals surface area contributed by atoms with Crippen molar-refractivity contribution in [1.29, 1.82) is 0 Å². The van der Waals surface area contributed by atoms with E-state index in [0.717, 1.165) is 5.56 Å². The number of halogens is 1.